The van der Waals surface area contributed by atoms with Crippen LogP contribution in [0.5, 0.6) is 11.5 Å². The molecule has 99 heavy (non-hydrogen) atoms. The zero-order valence-corrected chi connectivity index (χ0v) is 56.4. The number of nitrogens with zero attached hydrogens (tertiary/aromatic N) is 1. The van der Waals surface area contributed by atoms with Crippen molar-refractivity contribution in [3.63, 3.8) is 0 Å². The average molecular weight is 1410 g/mol. The van der Waals surface area contributed by atoms with E-state index in [1.54, 1.807) is 56.4 Å². The number of carbonyl (C=O) groups excluding carboxylic acids is 12. The highest BCUT2D eigenvalue weighted by atomic mass is 33.1. The summed E-state index contributed by atoms with van der Waals surface area (Å²) in [7, 11) is 1.78. The molecule has 2 heterocycles. The Labute approximate surface area is 578 Å². The second-order valence-corrected chi connectivity index (χ2v) is 27.0. The van der Waals surface area contributed by atoms with Crippen LogP contribution in [0, 0.1) is 11.8 Å². The zero-order chi connectivity index (χ0) is 72.3. The lowest BCUT2D eigenvalue weighted by molar-refractivity contribution is -0.138. The number of H-pyrrole nitrogens is 1. The van der Waals surface area contributed by atoms with Crippen molar-refractivity contribution in [3.05, 3.63) is 95.7 Å². The minimum atomic E-state index is -1.72. The van der Waals surface area contributed by atoms with Gasteiger partial charge in [-0.3, -0.25) is 67.3 Å². The number of aliphatic imine (C=N–C) groups is 1. The van der Waals surface area contributed by atoms with Crippen molar-refractivity contribution < 1.29 is 77.6 Å². The molecule has 1 aliphatic carbocycles. The number of nitrogens with one attached hydrogen (secondary N) is 11. The smallest absolute Gasteiger partial charge is 0.303 e. The Balaban J connectivity index is 1.40. The van der Waals surface area contributed by atoms with Gasteiger partial charge in [0.15, 0.2) is 5.96 Å². The molecule has 4 aromatic rings. The van der Waals surface area contributed by atoms with Crippen LogP contribution in [0.15, 0.2) is 84.0 Å². The molecule has 32 nitrogen and oxygen atoms in total. The molecule has 1 saturated carbocycles. The first-order valence-electron chi connectivity index (χ1n) is 32.3. The van der Waals surface area contributed by atoms with E-state index in [0.717, 1.165) is 34.4 Å². The third-order valence-electron chi connectivity index (χ3n) is 16.4. The summed E-state index contributed by atoms with van der Waals surface area (Å²) < 4.78 is 0. The van der Waals surface area contributed by atoms with Crippen molar-refractivity contribution in [3.8, 4) is 11.5 Å². The van der Waals surface area contributed by atoms with Crippen LogP contribution in [-0.4, -0.2) is 182 Å². The fraction of sp³-hybridized carbons (Fsp3) is 0.477. The van der Waals surface area contributed by atoms with Gasteiger partial charge in [-0.05, 0) is 91.5 Å². The van der Waals surface area contributed by atoms with Crippen molar-refractivity contribution in [1.82, 2.24) is 58.2 Å². The Bertz CT molecular complexity index is 3550. The molecule has 2 fully saturated rings. The summed E-state index contributed by atoms with van der Waals surface area (Å²) >= 11 is 0. The molecular formula is C65H88N16O16S2. The molecule has 1 aromatic heterocycles. The lowest BCUT2D eigenvalue weighted by Crippen LogP contribution is -2.61. The summed E-state index contributed by atoms with van der Waals surface area (Å²) in [5.41, 5.74) is 24.5. The molecule has 0 spiro atoms. The maximum Gasteiger partial charge on any atom is 0.303 e. The van der Waals surface area contributed by atoms with E-state index in [4.69, 9.17) is 22.9 Å². The van der Waals surface area contributed by atoms with Crippen LogP contribution in [-0.2, 0) is 81.6 Å². The van der Waals surface area contributed by atoms with Gasteiger partial charge in [0.05, 0.1) is 0 Å². The number of carboxylic acids is 1. The Hall–Kier alpha value is -10.1. The van der Waals surface area contributed by atoms with Gasteiger partial charge >= 0.3 is 5.97 Å². The van der Waals surface area contributed by atoms with Crippen molar-refractivity contribution in [1.29, 1.82) is 0 Å². The zero-order valence-electron chi connectivity index (χ0n) is 54.8. The van der Waals surface area contributed by atoms with Crippen LogP contribution in [0.2, 0.25) is 0 Å². The number of rotatable bonds is 22. The van der Waals surface area contributed by atoms with Crippen LogP contribution in [0.4, 0.5) is 0 Å². The molecule has 2 aliphatic rings. The van der Waals surface area contributed by atoms with E-state index in [1.807, 2.05) is 0 Å². The first-order valence-corrected chi connectivity index (χ1v) is 34.8. The van der Waals surface area contributed by atoms with Crippen LogP contribution in [0.3, 0.4) is 0 Å². The van der Waals surface area contributed by atoms with E-state index in [9.17, 15) is 77.6 Å². The number of para-hydroxylation sites is 1. The minimum absolute atomic E-state index is 0.00573. The second-order valence-electron chi connectivity index (χ2n) is 24.5. The topological polar surface area (TPSA) is 535 Å². The summed E-state index contributed by atoms with van der Waals surface area (Å²) in [6, 6.07) is 4.76. The number of aromatic nitrogens is 1. The first-order chi connectivity index (χ1) is 47.1. The van der Waals surface area contributed by atoms with Crippen molar-refractivity contribution in [2.45, 2.75) is 158 Å². The quantitative estimate of drug-likeness (QED) is 0.0182. The lowest BCUT2D eigenvalue weighted by atomic mass is 10.00. The largest absolute Gasteiger partial charge is 0.508 e. The SMILES string of the molecule is CC(C)[C@@H]1NC(=O)[C@@H](NC(=O)[C@H](Cc2ccc(O)cc2)NC(=O)C2CCCC2)CSSC[C@@H](C(N)=O)NC(=O)[C@H](CCC(=O)O)NC(=O)[C@H](Cc2c[nH]c3ccccc23)NC(=O)[C@H](CCC(N)=O)NC(=O)CCNC(=O)[C@H](CCCN=C(N)N)NC(=O)[C@H](Cc2ccc(O)cc2)NC1=O. The number of aliphatic carboxylic acids is 1. The standard InChI is InChI=1S/C65H88N16O16S2/c1-34(2)54-64(97)78-47(29-36-15-19-40(83)20-16-36)60(93)74-43(12-7-26-71-65(68)69)57(90)70-27-25-52(85)73-44(21-23-51(66)84)58(91)77-48(30-38-31-72-42-11-6-5-10-41(38)42)62(95)75-45(22-24-53(86)87)59(92)79-49(55(67)88)32-98-99-33-50(63(96)81-54)80-61(94)46(28-35-13-17-39(82)18-14-35)76-56(89)37-8-3-4-9-37/h5-6,10-11,13-20,31,34,37,43-50,54,72,82-83H,3-4,7-9,12,21-30,32-33H2,1-2H3,(H2,66,84)(H2,67,88)(H,70,90)(H,73,85)(H,74,93)(H,75,95)(H,76,89)(H,77,91)(H,78,97)(H,79,92)(H,80,94)(H,81,96)(H,86,87)(H4,68,69,71)/t43-,44-,45-,46-,47-,48-,49-,50-,54-/m0/s1. The van der Waals surface area contributed by atoms with Gasteiger partial charge in [0.25, 0.3) is 0 Å². The molecule has 0 radical (unpaired) electrons. The number of primary amides is 2. The fourth-order valence-electron chi connectivity index (χ4n) is 10.9. The number of phenolic OH excluding ortho intramolecular Hbond substituents is 2. The number of carboxylic acid groups (broad SMARTS) is 1. The van der Waals surface area contributed by atoms with Crippen LogP contribution in [0.1, 0.15) is 101 Å². The summed E-state index contributed by atoms with van der Waals surface area (Å²) in [6.45, 7) is 2.74. The maximum atomic E-state index is 14.9. The Morgan fingerprint density at radius 1 is 0.626 bits per heavy atom. The summed E-state index contributed by atoms with van der Waals surface area (Å²) in [6.07, 6.45) is 1.00. The van der Waals surface area contributed by atoms with Gasteiger partial charge in [-0.25, -0.2) is 0 Å². The second kappa shape index (κ2) is 38.7. The number of guanidine groups is 1. The third-order valence-corrected chi connectivity index (χ3v) is 18.8. The molecule has 3 aromatic carbocycles. The van der Waals surface area contributed by atoms with Crippen molar-refractivity contribution in [2.75, 3.05) is 24.6 Å². The molecule has 34 heteroatoms. The highest BCUT2D eigenvalue weighted by molar-refractivity contribution is 8.76. The van der Waals surface area contributed by atoms with E-state index in [2.05, 4.69) is 63.1 Å². The van der Waals surface area contributed by atoms with Crippen LogP contribution >= 0.6 is 21.6 Å². The van der Waals surface area contributed by atoms with Gasteiger partial charge in [0.1, 0.15) is 65.9 Å². The molecule has 22 N–H and O–H groups in total. The molecule has 536 valence electrons. The van der Waals surface area contributed by atoms with Crippen LogP contribution < -0.4 is 76.1 Å². The molecule has 9 atom stereocenters. The van der Waals surface area contributed by atoms with E-state index in [0.29, 0.717) is 40.4 Å². The van der Waals surface area contributed by atoms with Gasteiger partial charge in [0.2, 0.25) is 70.9 Å². The monoisotopic (exact) mass is 1410 g/mol. The number of amides is 12. The number of benzene rings is 3. The third kappa shape index (κ3) is 25.7. The molecule has 1 aliphatic heterocycles. The number of carbonyl (C=O) groups is 13. The fourth-order valence-corrected chi connectivity index (χ4v) is 13.3. The maximum absolute atomic E-state index is 14.9. The van der Waals surface area contributed by atoms with Crippen molar-refractivity contribution in [2.24, 2.45) is 39.8 Å². The number of hydrogen-bond acceptors (Lipinski definition) is 18. The predicted octanol–water partition coefficient (Wildman–Crippen LogP) is -1.61. The Kier molecular flexibility index (Phi) is 30.5. The number of nitrogens with two attached hydrogens (primary N) is 4. The van der Waals surface area contributed by atoms with Crippen LogP contribution in [0.25, 0.3) is 10.9 Å². The van der Waals surface area contributed by atoms with E-state index in [1.165, 1.54) is 36.4 Å². The highest BCUT2D eigenvalue weighted by Gasteiger charge is 2.37. The number of phenols is 2. The normalized spacial score (nSPS) is 22.1. The van der Waals surface area contributed by atoms with Gasteiger partial charge in [-0.2, -0.15) is 0 Å². The predicted molar refractivity (Wildman–Crippen MR) is 367 cm³/mol. The van der Waals surface area contributed by atoms with Gasteiger partial charge in [0, 0.05) is 86.1 Å². The molecule has 0 unspecified atom stereocenters. The molecular weight excluding hydrogens is 1320 g/mol. The first kappa shape index (κ1) is 77.9. The minimum Gasteiger partial charge on any atom is -0.508 e. The number of hydrogen-bond donors (Lipinski definition) is 18. The summed E-state index contributed by atoms with van der Waals surface area (Å²) in [4.78, 5) is 189. The Morgan fingerprint density at radius 3 is 1.82 bits per heavy atom. The number of aromatic hydroxyl groups is 2. The lowest BCUT2D eigenvalue weighted by Gasteiger charge is -2.29. The van der Waals surface area contributed by atoms with Crippen molar-refractivity contribution >= 4 is 115 Å². The highest BCUT2D eigenvalue weighted by Crippen LogP contribution is 2.27. The summed E-state index contributed by atoms with van der Waals surface area (Å²) in [5, 5.41) is 56.9. The number of aromatic amines is 1. The Morgan fingerprint density at radius 2 is 1.19 bits per heavy atom. The molecule has 1 saturated heterocycles. The molecule has 0 bridgehead atoms. The summed E-state index contributed by atoms with van der Waals surface area (Å²) in [5.74, 6) is -14.5. The molecule has 12 amide bonds. The molecule has 6 rings (SSSR count). The van der Waals surface area contributed by atoms with E-state index < -0.39 is 182 Å². The van der Waals surface area contributed by atoms with Gasteiger partial charge < -0.3 is 96.4 Å². The average Bonchev–Trinajstić information content (AvgIpc) is 1.44. The van der Waals surface area contributed by atoms with Gasteiger partial charge in [-0.15, -0.1) is 0 Å². The van der Waals surface area contributed by atoms with Gasteiger partial charge in [-0.1, -0.05) is 90.7 Å². The van der Waals surface area contributed by atoms with E-state index in [-0.39, 0.29) is 67.6 Å². The van der Waals surface area contributed by atoms with E-state index >= 15 is 0 Å². The number of fused-ring (bicyclic) bond motifs is 1.